The van der Waals surface area contributed by atoms with Gasteiger partial charge in [-0.2, -0.15) is 5.26 Å². The van der Waals surface area contributed by atoms with Crippen LogP contribution in [0.3, 0.4) is 0 Å². The Morgan fingerprint density at radius 1 is 0.865 bits per heavy atom. The first-order chi connectivity index (χ1) is 18.0. The van der Waals surface area contributed by atoms with Crippen molar-refractivity contribution in [1.29, 1.82) is 5.26 Å². The summed E-state index contributed by atoms with van der Waals surface area (Å²) in [5.41, 5.74) is 8.39. The summed E-state index contributed by atoms with van der Waals surface area (Å²) >= 11 is 0. The van der Waals surface area contributed by atoms with Gasteiger partial charge in [0.15, 0.2) is 6.20 Å². The van der Waals surface area contributed by atoms with Crippen molar-refractivity contribution >= 4 is 21.9 Å². The van der Waals surface area contributed by atoms with Crippen molar-refractivity contribution in [2.75, 3.05) is 0 Å². The van der Waals surface area contributed by atoms with Crippen LogP contribution in [0.5, 0.6) is 0 Å². The zero-order valence-corrected chi connectivity index (χ0v) is 21.6. The molecule has 5 aromatic rings. The van der Waals surface area contributed by atoms with Crippen molar-refractivity contribution in [3.8, 4) is 28.5 Å². The molecular weight excluding hydrogens is 459 g/mol. The Morgan fingerprint density at radius 2 is 1.54 bits per heavy atom. The van der Waals surface area contributed by atoms with Gasteiger partial charge in [-0.15, -0.1) is 0 Å². The molecule has 4 heteroatoms. The number of aryl methyl sites for hydroxylation is 3. The largest absolute Gasteiger partial charge is 0.454 e. The zero-order valence-electron chi connectivity index (χ0n) is 21.6. The highest BCUT2D eigenvalue weighted by molar-refractivity contribution is 6.14. The van der Waals surface area contributed by atoms with Crippen LogP contribution in [0, 0.1) is 31.0 Å². The summed E-state index contributed by atoms with van der Waals surface area (Å²) in [5, 5.41) is 11.9. The maximum atomic E-state index is 14.7. The van der Waals surface area contributed by atoms with Crippen molar-refractivity contribution in [2.24, 2.45) is 7.05 Å². The molecule has 0 unspecified atom stereocenters. The lowest BCUT2D eigenvalue weighted by Crippen LogP contribution is -2.31. The second kappa shape index (κ2) is 9.16. The fourth-order valence-corrected chi connectivity index (χ4v) is 6.06. The molecule has 3 aromatic carbocycles. The van der Waals surface area contributed by atoms with Crippen molar-refractivity contribution in [3.63, 3.8) is 0 Å². The van der Waals surface area contributed by atoms with Gasteiger partial charge < -0.3 is 4.42 Å². The van der Waals surface area contributed by atoms with E-state index in [1.807, 2.05) is 30.7 Å². The lowest BCUT2D eigenvalue weighted by Gasteiger charge is -2.22. The van der Waals surface area contributed by atoms with Gasteiger partial charge in [0.2, 0.25) is 5.69 Å². The van der Waals surface area contributed by atoms with Crippen LogP contribution in [-0.2, 0) is 7.05 Å². The predicted molar refractivity (Wildman–Crippen MR) is 146 cm³/mol. The van der Waals surface area contributed by atoms with Gasteiger partial charge in [-0.25, -0.2) is 8.96 Å². The minimum absolute atomic E-state index is 0.244. The van der Waals surface area contributed by atoms with Gasteiger partial charge in [0.1, 0.15) is 24.0 Å². The molecule has 1 saturated carbocycles. The Bertz CT molecular complexity index is 1700. The molecule has 0 radical (unpaired) electrons. The van der Waals surface area contributed by atoms with E-state index >= 15 is 0 Å². The first-order valence-electron chi connectivity index (χ1n) is 13.1. The van der Waals surface area contributed by atoms with Crippen LogP contribution in [0.2, 0.25) is 0 Å². The van der Waals surface area contributed by atoms with E-state index in [9.17, 15) is 9.65 Å². The molecule has 6 rings (SSSR count). The lowest BCUT2D eigenvalue weighted by atomic mass is 9.83. The van der Waals surface area contributed by atoms with Gasteiger partial charge in [-0.1, -0.05) is 55.7 Å². The molecule has 0 aliphatic heterocycles. The highest BCUT2D eigenvalue weighted by Gasteiger charge is 2.24. The molecule has 2 heterocycles. The van der Waals surface area contributed by atoms with Gasteiger partial charge in [0.25, 0.3) is 0 Å². The maximum Gasteiger partial charge on any atom is 0.219 e. The summed E-state index contributed by atoms with van der Waals surface area (Å²) in [6, 6.07) is 20.6. The van der Waals surface area contributed by atoms with Gasteiger partial charge in [-0.3, -0.25) is 0 Å². The van der Waals surface area contributed by atoms with E-state index in [0.717, 1.165) is 38.7 Å². The van der Waals surface area contributed by atoms with Crippen molar-refractivity contribution < 1.29 is 13.4 Å². The quantitative estimate of drug-likeness (QED) is 0.239. The number of halogens is 1. The lowest BCUT2D eigenvalue weighted by molar-refractivity contribution is -0.661. The molecule has 1 aliphatic carbocycles. The number of furan rings is 1. The third-order valence-electron chi connectivity index (χ3n) is 8.08. The van der Waals surface area contributed by atoms with E-state index in [4.69, 9.17) is 4.42 Å². The second-order valence-electron chi connectivity index (χ2n) is 10.5. The highest BCUT2D eigenvalue weighted by atomic mass is 19.1. The monoisotopic (exact) mass is 489 g/mol. The Labute approximate surface area is 216 Å². The van der Waals surface area contributed by atoms with Gasteiger partial charge in [-0.05, 0) is 61.4 Å². The maximum absolute atomic E-state index is 14.7. The summed E-state index contributed by atoms with van der Waals surface area (Å²) < 4.78 is 23.2. The number of pyridine rings is 1. The predicted octanol–water partition coefficient (Wildman–Crippen LogP) is 8.42. The number of aromatic nitrogens is 1. The normalized spacial score (nSPS) is 14.4. The molecule has 0 spiro atoms. The summed E-state index contributed by atoms with van der Waals surface area (Å²) in [4.78, 5) is 0. The number of fused-ring (bicyclic) bond motifs is 3. The van der Waals surface area contributed by atoms with E-state index in [1.54, 1.807) is 19.2 Å². The molecule has 0 bridgehead atoms. The van der Waals surface area contributed by atoms with Gasteiger partial charge >= 0.3 is 0 Å². The standard InChI is InChI=1S/C33H30FN2O/c1-20-9-15-26-27-16-14-25(18-35)31(24-12-10-23(11-13-24)22-7-5-4-6-8-22)33(27)37-32(26)30(20)29-17-28(34)21(2)19-36(29)3/h9-17,19,22H,4-8H2,1-3H3/q+1. The van der Waals surface area contributed by atoms with E-state index < -0.39 is 0 Å². The van der Waals surface area contributed by atoms with Crippen LogP contribution < -0.4 is 4.57 Å². The first-order valence-corrected chi connectivity index (χ1v) is 13.1. The van der Waals surface area contributed by atoms with Crippen molar-refractivity contribution in [1.82, 2.24) is 0 Å². The number of rotatable bonds is 3. The van der Waals surface area contributed by atoms with Crippen LogP contribution in [0.15, 0.2) is 65.2 Å². The smallest absolute Gasteiger partial charge is 0.219 e. The molecule has 184 valence electrons. The fraction of sp³-hybridized carbons (Fsp3) is 0.273. The molecule has 0 saturated heterocycles. The van der Waals surface area contributed by atoms with E-state index in [-0.39, 0.29) is 5.82 Å². The third-order valence-corrected chi connectivity index (χ3v) is 8.08. The molecule has 1 fully saturated rings. The Morgan fingerprint density at radius 3 is 2.24 bits per heavy atom. The summed E-state index contributed by atoms with van der Waals surface area (Å²) in [5.74, 6) is 0.382. The molecule has 0 amide bonds. The summed E-state index contributed by atoms with van der Waals surface area (Å²) in [6.07, 6.45) is 8.24. The average Bonchev–Trinajstić information content (AvgIpc) is 3.29. The molecule has 37 heavy (non-hydrogen) atoms. The van der Waals surface area contributed by atoms with Crippen LogP contribution in [0.25, 0.3) is 44.3 Å². The number of hydrogen-bond acceptors (Lipinski definition) is 2. The molecule has 3 nitrogen and oxygen atoms in total. The minimum Gasteiger partial charge on any atom is -0.454 e. The average molecular weight is 490 g/mol. The van der Waals surface area contributed by atoms with Gasteiger partial charge in [0.05, 0.1) is 17.2 Å². The van der Waals surface area contributed by atoms with Crippen LogP contribution >= 0.6 is 0 Å². The Kier molecular flexibility index (Phi) is 5.80. The molecule has 1 aliphatic rings. The van der Waals surface area contributed by atoms with E-state index in [0.29, 0.717) is 28.2 Å². The third kappa shape index (κ3) is 3.90. The zero-order chi connectivity index (χ0) is 25.7. The van der Waals surface area contributed by atoms with Crippen LogP contribution in [-0.4, -0.2) is 0 Å². The number of hydrogen-bond donors (Lipinski definition) is 0. The molecule has 0 atom stereocenters. The number of benzene rings is 3. The van der Waals surface area contributed by atoms with Crippen molar-refractivity contribution in [3.05, 3.63) is 88.9 Å². The molecular formula is C33H30FN2O+. The topological polar surface area (TPSA) is 40.8 Å². The first kappa shape index (κ1) is 23.4. The van der Waals surface area contributed by atoms with E-state index in [1.165, 1.54) is 37.7 Å². The Balaban J connectivity index is 1.57. The second-order valence-corrected chi connectivity index (χ2v) is 10.5. The van der Waals surface area contributed by atoms with Crippen molar-refractivity contribution in [2.45, 2.75) is 51.9 Å². The summed E-state index contributed by atoms with van der Waals surface area (Å²) in [7, 11) is 1.93. The SMILES string of the molecule is Cc1c[n+](C)c(-c2c(C)ccc3c2oc2c(-c4ccc(C5CCCCC5)cc4)c(C#N)ccc23)cc1F. The van der Waals surface area contributed by atoms with Gasteiger partial charge in [0, 0.05) is 28.0 Å². The van der Waals surface area contributed by atoms with Crippen LogP contribution in [0.1, 0.15) is 60.3 Å². The number of nitrogens with zero attached hydrogens (tertiary/aromatic N) is 2. The van der Waals surface area contributed by atoms with E-state index in [2.05, 4.69) is 42.5 Å². The fourth-order valence-electron chi connectivity index (χ4n) is 6.06. The van der Waals surface area contributed by atoms with Crippen LogP contribution in [0.4, 0.5) is 4.39 Å². The Hall–Kier alpha value is -3.97. The highest BCUT2D eigenvalue weighted by Crippen LogP contribution is 2.42. The summed E-state index contributed by atoms with van der Waals surface area (Å²) in [6.45, 7) is 3.79. The minimum atomic E-state index is -0.244. The number of nitriles is 1. The molecule has 0 N–H and O–H groups in total. The molecule has 2 aromatic heterocycles.